The Morgan fingerprint density at radius 3 is 2.67 bits per heavy atom. The highest BCUT2D eigenvalue weighted by atomic mass is 16.2. The molecule has 0 aliphatic rings. The van der Waals surface area contributed by atoms with Crippen molar-refractivity contribution in [3.63, 3.8) is 0 Å². The summed E-state index contributed by atoms with van der Waals surface area (Å²) in [5, 5.41) is 18.2. The molecule has 1 unspecified atom stereocenters. The summed E-state index contributed by atoms with van der Waals surface area (Å²) in [7, 11) is 0. The molecule has 1 radical (unpaired) electrons. The van der Waals surface area contributed by atoms with E-state index in [2.05, 4.69) is 6.07 Å². The van der Waals surface area contributed by atoms with E-state index in [1.165, 1.54) is 0 Å². The first-order valence-corrected chi connectivity index (χ1v) is 3.29. The summed E-state index contributed by atoms with van der Waals surface area (Å²) in [4.78, 5) is 0. The predicted octanol–water partition coefficient (Wildman–Crippen LogP) is 1.75. The van der Waals surface area contributed by atoms with E-state index in [9.17, 15) is 5.11 Å². The van der Waals surface area contributed by atoms with Gasteiger partial charge >= 0.3 is 0 Å². The largest absolute Gasteiger partial charge is 0.237 e. The van der Waals surface area contributed by atoms with Gasteiger partial charge in [0.1, 0.15) is 0 Å². The molecule has 51 valence electrons. The van der Waals surface area contributed by atoms with Gasteiger partial charge in [0.15, 0.2) is 0 Å². The van der Waals surface area contributed by atoms with Gasteiger partial charge in [-0.3, -0.25) is 0 Å². The molecule has 9 heavy (non-hydrogen) atoms. The third-order valence-electron chi connectivity index (χ3n) is 1.25. The van der Waals surface area contributed by atoms with Crippen molar-refractivity contribution in [3.05, 3.63) is 0 Å². The lowest BCUT2D eigenvalue weighted by molar-refractivity contribution is 0.185. The molecule has 0 aliphatic carbocycles. The van der Waals surface area contributed by atoms with Crippen LogP contribution in [0.4, 0.5) is 0 Å². The maximum absolute atomic E-state index is 9.92. The maximum Gasteiger partial charge on any atom is 0.0822 e. The lowest BCUT2D eigenvalue weighted by atomic mass is 10.1. The van der Waals surface area contributed by atoms with Crippen LogP contribution in [0.1, 0.15) is 26.2 Å². The van der Waals surface area contributed by atoms with Crippen LogP contribution < -0.4 is 0 Å². The zero-order valence-corrected chi connectivity index (χ0v) is 5.76. The number of nitriles is 1. The van der Waals surface area contributed by atoms with Gasteiger partial charge in [-0.05, 0) is 26.2 Å². The molecule has 0 saturated heterocycles. The molecule has 0 aromatic rings. The van der Waals surface area contributed by atoms with Gasteiger partial charge in [0.25, 0.3) is 0 Å². The zero-order valence-electron chi connectivity index (χ0n) is 5.76. The van der Waals surface area contributed by atoms with Crippen molar-refractivity contribution in [2.24, 2.45) is 5.92 Å². The van der Waals surface area contributed by atoms with Crippen molar-refractivity contribution in [1.29, 1.82) is 5.26 Å². The van der Waals surface area contributed by atoms with Gasteiger partial charge in [-0.1, -0.05) is 0 Å². The quantitative estimate of drug-likeness (QED) is 0.529. The standard InChI is InChI=1S/C7H12NO/c1-7(6-8)4-2-3-5-9/h7H,2-5H2,1H3. The average molecular weight is 126 g/mol. The Hall–Kier alpha value is -0.550. The van der Waals surface area contributed by atoms with Crippen molar-refractivity contribution in [2.75, 3.05) is 6.61 Å². The summed E-state index contributed by atoms with van der Waals surface area (Å²) in [5.41, 5.74) is 0. The topological polar surface area (TPSA) is 43.7 Å². The lowest BCUT2D eigenvalue weighted by Crippen LogP contribution is -1.90. The van der Waals surface area contributed by atoms with Gasteiger partial charge in [0.05, 0.1) is 12.7 Å². The fourth-order valence-corrected chi connectivity index (χ4v) is 0.617. The predicted molar refractivity (Wildman–Crippen MR) is 34.2 cm³/mol. The highest BCUT2D eigenvalue weighted by Gasteiger charge is 1.96. The van der Waals surface area contributed by atoms with Crippen molar-refractivity contribution < 1.29 is 5.11 Å². The third kappa shape index (κ3) is 5.32. The normalized spacial score (nSPS) is 12.6. The van der Waals surface area contributed by atoms with E-state index < -0.39 is 0 Å². The van der Waals surface area contributed by atoms with E-state index in [1.54, 1.807) is 0 Å². The maximum atomic E-state index is 9.92. The van der Waals surface area contributed by atoms with Crippen molar-refractivity contribution in [2.45, 2.75) is 26.2 Å². The Bertz CT molecular complexity index is 95.6. The molecular weight excluding hydrogens is 114 g/mol. The smallest absolute Gasteiger partial charge is 0.0822 e. The summed E-state index contributed by atoms with van der Waals surface area (Å²) >= 11 is 0. The van der Waals surface area contributed by atoms with Crippen molar-refractivity contribution in [1.82, 2.24) is 0 Å². The molecule has 0 saturated carbocycles. The molecule has 0 fully saturated rings. The summed E-state index contributed by atoms with van der Waals surface area (Å²) in [6, 6.07) is 2.12. The summed E-state index contributed by atoms with van der Waals surface area (Å²) < 4.78 is 0. The average Bonchev–Trinajstić information content (AvgIpc) is 1.89. The van der Waals surface area contributed by atoms with Gasteiger partial charge in [0, 0.05) is 5.92 Å². The molecule has 0 bridgehead atoms. The summed E-state index contributed by atoms with van der Waals surface area (Å²) in [6.07, 6.45) is 2.49. The summed E-state index contributed by atoms with van der Waals surface area (Å²) in [6.45, 7) is 1.88. The van der Waals surface area contributed by atoms with E-state index in [0.29, 0.717) is 6.42 Å². The highest BCUT2D eigenvalue weighted by Crippen LogP contribution is 2.04. The van der Waals surface area contributed by atoms with Crippen LogP contribution in [0, 0.1) is 17.2 Å². The van der Waals surface area contributed by atoms with Crippen LogP contribution >= 0.6 is 0 Å². The lowest BCUT2D eigenvalue weighted by Gasteiger charge is -1.97. The van der Waals surface area contributed by atoms with Gasteiger partial charge in [0.2, 0.25) is 0 Å². The van der Waals surface area contributed by atoms with Crippen molar-refractivity contribution in [3.8, 4) is 6.07 Å². The minimum atomic E-state index is -0.00184. The molecule has 0 aromatic heterocycles. The second kappa shape index (κ2) is 5.58. The molecule has 0 heterocycles. The number of hydrogen-bond donors (Lipinski definition) is 0. The molecule has 2 nitrogen and oxygen atoms in total. The van der Waals surface area contributed by atoms with Crippen LogP contribution in [0.3, 0.4) is 0 Å². The van der Waals surface area contributed by atoms with E-state index in [1.807, 2.05) is 6.92 Å². The van der Waals surface area contributed by atoms with Crippen LogP contribution in [-0.4, -0.2) is 6.61 Å². The number of hydrogen-bond acceptors (Lipinski definition) is 1. The van der Waals surface area contributed by atoms with Crippen molar-refractivity contribution >= 4 is 0 Å². The van der Waals surface area contributed by atoms with Gasteiger partial charge in [-0.25, -0.2) is 5.11 Å². The minimum absolute atomic E-state index is 0.00184. The fraction of sp³-hybridized carbons (Fsp3) is 0.857. The molecule has 0 amide bonds. The molecule has 0 rings (SSSR count). The van der Waals surface area contributed by atoms with E-state index in [0.717, 1.165) is 12.8 Å². The Kier molecular flexibility index (Phi) is 5.24. The van der Waals surface area contributed by atoms with Crippen LogP contribution in [0.5, 0.6) is 0 Å². The number of unbranched alkanes of at least 4 members (excludes halogenated alkanes) is 1. The second-order valence-corrected chi connectivity index (χ2v) is 2.23. The van der Waals surface area contributed by atoms with E-state index in [4.69, 9.17) is 5.26 Å². The second-order valence-electron chi connectivity index (χ2n) is 2.23. The Morgan fingerprint density at radius 2 is 2.22 bits per heavy atom. The minimum Gasteiger partial charge on any atom is -0.237 e. The Labute approximate surface area is 56.1 Å². The first-order chi connectivity index (χ1) is 4.31. The number of nitrogens with zero attached hydrogens (tertiary/aromatic N) is 1. The molecule has 1 atom stereocenters. The Balaban J connectivity index is 2.99. The van der Waals surface area contributed by atoms with Crippen LogP contribution in [0.15, 0.2) is 0 Å². The van der Waals surface area contributed by atoms with Gasteiger partial charge < -0.3 is 0 Å². The summed E-state index contributed by atoms with van der Waals surface area (Å²) in [5.74, 6) is 0.122. The first-order valence-electron chi connectivity index (χ1n) is 3.29. The monoisotopic (exact) mass is 126 g/mol. The molecule has 2 heteroatoms. The highest BCUT2D eigenvalue weighted by molar-refractivity contribution is 4.77. The zero-order chi connectivity index (χ0) is 7.11. The molecule has 0 N–H and O–H groups in total. The SMILES string of the molecule is CC(C#N)CCCC[O]. The number of rotatable bonds is 4. The molecular formula is C7H12NO. The Morgan fingerprint density at radius 1 is 1.56 bits per heavy atom. The van der Waals surface area contributed by atoms with Gasteiger partial charge in [-0.2, -0.15) is 5.26 Å². The molecule has 0 aliphatic heterocycles. The van der Waals surface area contributed by atoms with Crippen LogP contribution in [0.2, 0.25) is 0 Å². The fourth-order valence-electron chi connectivity index (χ4n) is 0.617. The third-order valence-corrected chi connectivity index (χ3v) is 1.25. The van der Waals surface area contributed by atoms with E-state index >= 15 is 0 Å². The molecule has 0 aromatic carbocycles. The molecule has 0 spiro atoms. The first kappa shape index (κ1) is 8.45. The van der Waals surface area contributed by atoms with Crippen LogP contribution in [0.25, 0.3) is 0 Å². The van der Waals surface area contributed by atoms with Crippen LogP contribution in [-0.2, 0) is 5.11 Å². The van der Waals surface area contributed by atoms with Gasteiger partial charge in [-0.15, -0.1) is 0 Å². The van der Waals surface area contributed by atoms with E-state index in [-0.39, 0.29) is 12.5 Å².